The molecular formula is C34H35F6N5O3S. The number of likely N-dealkylation sites (tertiary alicyclic amines) is 1. The van der Waals surface area contributed by atoms with E-state index < -0.39 is 39.8 Å². The predicted octanol–water partition coefficient (Wildman–Crippen LogP) is 6.68. The van der Waals surface area contributed by atoms with Crippen LogP contribution < -0.4 is 10.2 Å². The van der Waals surface area contributed by atoms with Crippen LogP contribution in [0.4, 0.5) is 37.8 Å². The summed E-state index contributed by atoms with van der Waals surface area (Å²) in [5.74, 6) is 0.0214. The Labute approximate surface area is 284 Å². The molecule has 2 aliphatic rings. The first-order valence-corrected chi connectivity index (χ1v) is 16.4. The van der Waals surface area contributed by atoms with Gasteiger partial charge in [-0.05, 0) is 60.9 Å². The highest BCUT2D eigenvalue weighted by molar-refractivity contribution is 7.99. The van der Waals surface area contributed by atoms with Gasteiger partial charge >= 0.3 is 12.4 Å². The van der Waals surface area contributed by atoms with Crippen molar-refractivity contribution in [3.8, 4) is 0 Å². The first-order chi connectivity index (χ1) is 23.3. The number of rotatable bonds is 9. The average Bonchev–Trinajstić information content (AvgIpc) is 3.07. The Bertz CT molecular complexity index is 1640. The Morgan fingerprint density at radius 2 is 1.61 bits per heavy atom. The maximum absolute atomic E-state index is 14.4. The predicted molar refractivity (Wildman–Crippen MR) is 174 cm³/mol. The minimum atomic E-state index is -5.36. The largest absolute Gasteiger partial charge is 0.418 e. The van der Waals surface area contributed by atoms with Gasteiger partial charge in [0.25, 0.3) is 0 Å². The molecule has 2 aliphatic heterocycles. The van der Waals surface area contributed by atoms with Gasteiger partial charge in [-0.2, -0.15) is 26.3 Å². The number of anilines is 2. The number of hydrogen-bond acceptors (Lipinski definition) is 7. The van der Waals surface area contributed by atoms with Crippen molar-refractivity contribution in [2.45, 2.75) is 41.0 Å². The van der Waals surface area contributed by atoms with Crippen LogP contribution in [0.2, 0.25) is 0 Å². The molecule has 3 heterocycles. The first kappa shape index (κ1) is 36.1. The number of benzene rings is 2. The molecule has 262 valence electrons. The molecule has 5 rings (SSSR count). The third kappa shape index (κ3) is 9.26. The molecule has 2 fully saturated rings. The fraction of sp³-hybridized carbons (Fsp3) is 0.382. The second-order valence-corrected chi connectivity index (χ2v) is 12.7. The smallest absolute Gasteiger partial charge is 0.382 e. The van der Waals surface area contributed by atoms with Crippen molar-refractivity contribution < 1.29 is 40.7 Å². The van der Waals surface area contributed by atoms with Crippen LogP contribution in [0.25, 0.3) is 6.08 Å². The summed E-state index contributed by atoms with van der Waals surface area (Å²) in [6, 6.07) is 13.8. The minimum absolute atomic E-state index is 0.00585. The van der Waals surface area contributed by atoms with Gasteiger partial charge in [-0.1, -0.05) is 30.0 Å². The highest BCUT2D eigenvalue weighted by Gasteiger charge is 2.46. The third-order valence-corrected chi connectivity index (χ3v) is 9.33. The lowest BCUT2D eigenvalue weighted by Gasteiger charge is -2.34. The number of nitrogens with zero attached hydrogens (tertiary/aromatic N) is 4. The van der Waals surface area contributed by atoms with Crippen molar-refractivity contribution >= 4 is 41.2 Å². The zero-order valence-electron chi connectivity index (χ0n) is 26.6. The van der Waals surface area contributed by atoms with Crippen LogP contribution >= 0.6 is 11.8 Å². The summed E-state index contributed by atoms with van der Waals surface area (Å²) in [6.07, 6.45) is -6.09. The zero-order chi connectivity index (χ0) is 35.2. The van der Waals surface area contributed by atoms with E-state index in [2.05, 4.69) is 10.3 Å². The summed E-state index contributed by atoms with van der Waals surface area (Å²) >= 11 is 0.576. The van der Waals surface area contributed by atoms with Crippen molar-refractivity contribution in [2.75, 3.05) is 63.2 Å². The van der Waals surface area contributed by atoms with Crippen molar-refractivity contribution in [3.05, 3.63) is 83.6 Å². The van der Waals surface area contributed by atoms with E-state index in [0.29, 0.717) is 61.4 Å². The van der Waals surface area contributed by atoms with Gasteiger partial charge in [0, 0.05) is 80.2 Å². The number of pyridine rings is 1. The van der Waals surface area contributed by atoms with Gasteiger partial charge in [0.1, 0.15) is 12.4 Å². The molecule has 1 aromatic heterocycles. The van der Waals surface area contributed by atoms with Crippen LogP contribution in [0.5, 0.6) is 0 Å². The molecule has 0 radical (unpaired) electrons. The standard InChI is InChI=1S/C34H35F6N5O3S/c1-48-22-30(47)44-15-12-24(13-16-44)42-25-5-4-6-26(21-25)49-27-10-8-23(31(33(35,36)37)32(27)34(38,39)40)9-11-29(46)45-19-17-43(18-20-45)28-7-2-3-14-41-28/h2-11,14,21,24,42H,12-13,15-20,22H2,1H3. The van der Waals surface area contributed by atoms with Crippen LogP contribution in [0.15, 0.2) is 76.7 Å². The van der Waals surface area contributed by atoms with Gasteiger partial charge < -0.3 is 24.8 Å². The summed E-state index contributed by atoms with van der Waals surface area (Å²) in [5, 5.41) is 3.32. The summed E-state index contributed by atoms with van der Waals surface area (Å²) < 4.78 is 91.4. The van der Waals surface area contributed by atoms with Gasteiger partial charge in [-0.15, -0.1) is 0 Å². The van der Waals surface area contributed by atoms with E-state index in [1.54, 1.807) is 35.4 Å². The zero-order valence-corrected chi connectivity index (χ0v) is 27.4. The van der Waals surface area contributed by atoms with E-state index in [-0.39, 0.29) is 31.6 Å². The highest BCUT2D eigenvalue weighted by Crippen LogP contribution is 2.48. The van der Waals surface area contributed by atoms with Crippen LogP contribution in [0, 0.1) is 0 Å². The van der Waals surface area contributed by atoms with E-state index in [4.69, 9.17) is 4.74 Å². The van der Waals surface area contributed by atoms with Crippen LogP contribution in [0.1, 0.15) is 29.5 Å². The molecule has 1 N–H and O–H groups in total. The number of aromatic nitrogens is 1. The number of hydrogen-bond donors (Lipinski definition) is 1. The lowest BCUT2D eigenvalue weighted by Crippen LogP contribution is -2.48. The lowest BCUT2D eigenvalue weighted by molar-refractivity contribution is -0.163. The fourth-order valence-electron chi connectivity index (χ4n) is 5.87. The minimum Gasteiger partial charge on any atom is -0.382 e. The number of amides is 2. The van der Waals surface area contributed by atoms with Gasteiger partial charge in [0.05, 0.1) is 11.1 Å². The Morgan fingerprint density at radius 1 is 0.898 bits per heavy atom. The molecule has 0 unspecified atom stereocenters. The van der Waals surface area contributed by atoms with Gasteiger partial charge in [0.15, 0.2) is 0 Å². The Hall–Kier alpha value is -4.24. The van der Waals surface area contributed by atoms with Crippen molar-refractivity contribution in [1.82, 2.24) is 14.8 Å². The topological polar surface area (TPSA) is 78.0 Å². The normalized spacial score (nSPS) is 16.3. The number of halogens is 6. The molecule has 8 nitrogen and oxygen atoms in total. The fourth-order valence-corrected chi connectivity index (χ4v) is 6.92. The number of carbonyl (C=O) groups is 2. The van der Waals surface area contributed by atoms with Crippen molar-refractivity contribution in [3.63, 3.8) is 0 Å². The average molecular weight is 708 g/mol. The molecule has 0 spiro atoms. The molecule has 0 aliphatic carbocycles. The van der Waals surface area contributed by atoms with Crippen molar-refractivity contribution in [1.29, 1.82) is 0 Å². The van der Waals surface area contributed by atoms with E-state index in [1.807, 2.05) is 17.0 Å². The molecule has 2 saturated heterocycles. The number of piperazine rings is 1. The van der Waals surface area contributed by atoms with Crippen LogP contribution in [-0.4, -0.2) is 85.6 Å². The second-order valence-electron chi connectivity index (χ2n) is 11.6. The van der Waals surface area contributed by atoms with Gasteiger partial charge in [-0.25, -0.2) is 4.98 Å². The monoisotopic (exact) mass is 707 g/mol. The molecular weight excluding hydrogens is 672 g/mol. The van der Waals surface area contributed by atoms with E-state index >= 15 is 0 Å². The van der Waals surface area contributed by atoms with E-state index in [9.17, 15) is 35.9 Å². The van der Waals surface area contributed by atoms with Crippen LogP contribution in [0.3, 0.4) is 0 Å². The summed E-state index contributed by atoms with van der Waals surface area (Å²) in [7, 11) is 1.45. The molecule has 0 atom stereocenters. The van der Waals surface area contributed by atoms with Gasteiger partial charge in [0.2, 0.25) is 11.8 Å². The SMILES string of the molecule is COCC(=O)N1CCC(Nc2cccc(Sc3ccc(C=CC(=O)N4CCN(c5ccccn5)CC4)c(C(F)(F)F)c3C(F)(F)F)c2)CC1. The highest BCUT2D eigenvalue weighted by atomic mass is 32.2. The molecule has 15 heteroatoms. The number of alkyl halides is 6. The summed E-state index contributed by atoms with van der Waals surface area (Å²) in [4.78, 5) is 34.0. The summed E-state index contributed by atoms with van der Waals surface area (Å²) in [6.45, 7) is 2.46. The molecule has 0 bridgehead atoms. The number of methoxy groups -OCH3 is 1. The summed E-state index contributed by atoms with van der Waals surface area (Å²) in [5.41, 5.74) is -3.82. The molecule has 2 amide bonds. The Morgan fingerprint density at radius 3 is 2.24 bits per heavy atom. The van der Waals surface area contributed by atoms with E-state index in [1.165, 1.54) is 18.1 Å². The second kappa shape index (κ2) is 15.5. The molecule has 3 aromatic rings. The quantitative estimate of drug-likeness (QED) is 0.197. The van der Waals surface area contributed by atoms with Crippen molar-refractivity contribution in [2.24, 2.45) is 0 Å². The maximum atomic E-state index is 14.4. The Kier molecular flexibility index (Phi) is 11.4. The number of piperidine rings is 1. The Balaban J connectivity index is 1.31. The molecule has 0 saturated carbocycles. The van der Waals surface area contributed by atoms with E-state index in [0.717, 1.165) is 30.1 Å². The number of carbonyl (C=O) groups excluding carboxylic acids is 2. The first-order valence-electron chi connectivity index (χ1n) is 15.6. The number of nitrogens with one attached hydrogen (secondary N) is 1. The van der Waals surface area contributed by atoms with Crippen LogP contribution in [-0.2, 0) is 26.7 Å². The molecule has 2 aromatic carbocycles. The molecule has 49 heavy (non-hydrogen) atoms. The third-order valence-electron chi connectivity index (χ3n) is 8.28. The van der Waals surface area contributed by atoms with Gasteiger partial charge in [-0.3, -0.25) is 9.59 Å². The maximum Gasteiger partial charge on any atom is 0.418 e. The lowest BCUT2D eigenvalue weighted by atomic mass is 9.99. The number of ether oxygens (including phenoxy) is 1.